The average molecular weight is 655 g/mol. The third-order valence-corrected chi connectivity index (χ3v) is 7.35. The lowest BCUT2D eigenvalue weighted by molar-refractivity contribution is -0.297. The summed E-state index contributed by atoms with van der Waals surface area (Å²) in [5, 5.41) is 10.5. The maximum Gasteiger partial charge on any atom is 0.348 e. The largest absolute Gasteiger partial charge is 0.480 e. The fourth-order valence-corrected chi connectivity index (χ4v) is 4.91. The van der Waals surface area contributed by atoms with Crippen molar-refractivity contribution in [1.29, 1.82) is 0 Å². The second kappa shape index (κ2) is 14.4. The molecule has 0 radical (unpaired) electrons. The number of hydrogen-bond acceptors (Lipinski definition) is 14. The van der Waals surface area contributed by atoms with E-state index in [4.69, 9.17) is 33.2 Å². The number of rotatable bonds is 9. The maximum absolute atomic E-state index is 12.8. The Morgan fingerprint density at radius 2 is 1.21 bits per heavy atom. The molecule has 14 heteroatoms. The first-order chi connectivity index (χ1) is 22.3. The number of allylic oxidation sites excluding steroid dienone is 9. The van der Waals surface area contributed by atoms with Gasteiger partial charge in [-0.15, -0.1) is 0 Å². The summed E-state index contributed by atoms with van der Waals surface area (Å²) >= 11 is 0. The molecule has 3 aliphatic heterocycles. The third-order valence-electron chi connectivity index (χ3n) is 7.35. The zero-order valence-electron chi connectivity index (χ0n) is 26.0. The zero-order valence-corrected chi connectivity index (χ0v) is 26.0. The molecule has 0 atom stereocenters. The molecule has 3 heterocycles. The number of aliphatic hydroxyl groups excluding tert-OH is 1. The van der Waals surface area contributed by atoms with E-state index in [0.717, 1.165) is 6.08 Å². The molecule has 1 aliphatic carbocycles. The minimum absolute atomic E-state index is 0.0509. The summed E-state index contributed by atoms with van der Waals surface area (Å²) in [4.78, 5) is 74.3. The van der Waals surface area contributed by atoms with E-state index in [1.54, 1.807) is 25.2 Å². The van der Waals surface area contributed by atoms with E-state index < -0.39 is 64.7 Å². The number of ether oxygens (including phenoxy) is 7. The van der Waals surface area contributed by atoms with Gasteiger partial charge in [-0.1, -0.05) is 42.5 Å². The molecular formula is C33H34O14. The molecular weight excluding hydrogens is 620 g/mol. The topological polar surface area (TPSA) is 187 Å². The summed E-state index contributed by atoms with van der Waals surface area (Å²) in [6, 6.07) is 0. The summed E-state index contributed by atoms with van der Waals surface area (Å²) in [5.74, 6) is -10.5. The molecule has 14 nitrogen and oxygen atoms in total. The lowest BCUT2D eigenvalue weighted by Gasteiger charge is -2.46. The van der Waals surface area contributed by atoms with Crippen LogP contribution >= 0.6 is 0 Å². The van der Waals surface area contributed by atoms with Crippen LogP contribution in [0.4, 0.5) is 0 Å². The summed E-state index contributed by atoms with van der Waals surface area (Å²) in [7, 11) is 0. The zero-order chi connectivity index (χ0) is 34.2. The van der Waals surface area contributed by atoms with Gasteiger partial charge in [0.25, 0.3) is 23.3 Å². The second-order valence-electron chi connectivity index (χ2n) is 10.8. The molecule has 3 fully saturated rings. The standard InChI is InChI=1S/C33H34O14/c1-4-6-7-9-12-22-27(37)44-32(45-28(22)38)17-19-33(20-18-32)46-29(39)23(30(40)47-33)14-11-8-10-13-21-25(35)42-31(3,43-26(21)36)16-15-24(34)41-5-2/h4,6-14,39H,5,15-20H2,1-3H3/b6-4+,9-7+,10-8+,14-11+,21-13?,22-12?. The minimum Gasteiger partial charge on any atom is -0.480 e. The fraction of sp³-hybridized carbons (Fsp3) is 0.394. The van der Waals surface area contributed by atoms with Crippen LogP contribution in [0.25, 0.3) is 0 Å². The molecule has 0 aromatic carbocycles. The van der Waals surface area contributed by atoms with E-state index in [9.17, 15) is 33.9 Å². The normalized spacial score (nSPS) is 28.1. The first-order valence-electron chi connectivity index (χ1n) is 14.8. The van der Waals surface area contributed by atoms with Gasteiger partial charge in [0.15, 0.2) is 0 Å². The van der Waals surface area contributed by atoms with E-state index >= 15 is 0 Å². The van der Waals surface area contributed by atoms with Gasteiger partial charge in [0, 0.05) is 39.0 Å². The van der Waals surface area contributed by atoms with Crippen molar-refractivity contribution in [1.82, 2.24) is 0 Å². The van der Waals surface area contributed by atoms with E-state index in [1.807, 2.05) is 6.92 Å². The summed E-state index contributed by atoms with van der Waals surface area (Å²) in [6.07, 6.45) is 13.8. The van der Waals surface area contributed by atoms with Crippen LogP contribution < -0.4 is 0 Å². The van der Waals surface area contributed by atoms with Gasteiger partial charge in [-0.2, -0.15) is 0 Å². The molecule has 2 saturated heterocycles. The predicted octanol–water partition coefficient (Wildman–Crippen LogP) is 3.65. The van der Waals surface area contributed by atoms with Crippen LogP contribution in [0.15, 0.2) is 83.4 Å². The van der Waals surface area contributed by atoms with Crippen molar-refractivity contribution in [2.24, 2.45) is 0 Å². The van der Waals surface area contributed by atoms with Crippen molar-refractivity contribution in [2.75, 3.05) is 6.61 Å². The average Bonchev–Trinajstić information content (AvgIpc) is 2.99. The molecule has 47 heavy (non-hydrogen) atoms. The van der Waals surface area contributed by atoms with Crippen LogP contribution in [0.3, 0.4) is 0 Å². The van der Waals surface area contributed by atoms with E-state index in [2.05, 4.69) is 0 Å². The van der Waals surface area contributed by atoms with Crippen molar-refractivity contribution >= 4 is 35.8 Å². The van der Waals surface area contributed by atoms with Crippen molar-refractivity contribution in [2.45, 2.75) is 76.7 Å². The van der Waals surface area contributed by atoms with Crippen molar-refractivity contribution in [3.05, 3.63) is 83.4 Å². The van der Waals surface area contributed by atoms with Gasteiger partial charge in [-0.25, -0.2) is 24.0 Å². The number of hydrogen-bond donors (Lipinski definition) is 1. The van der Waals surface area contributed by atoms with Gasteiger partial charge in [0.1, 0.15) is 16.7 Å². The number of carbonyl (C=O) groups excluding carboxylic acids is 6. The molecule has 250 valence electrons. The smallest absolute Gasteiger partial charge is 0.348 e. The molecule has 0 aromatic heterocycles. The van der Waals surface area contributed by atoms with Gasteiger partial charge in [-0.05, 0) is 32.1 Å². The Balaban J connectivity index is 1.33. The number of esters is 6. The van der Waals surface area contributed by atoms with Gasteiger partial charge in [-0.3, -0.25) is 4.79 Å². The highest BCUT2D eigenvalue weighted by molar-refractivity contribution is 6.16. The van der Waals surface area contributed by atoms with Crippen LogP contribution in [0.2, 0.25) is 0 Å². The van der Waals surface area contributed by atoms with Gasteiger partial charge in [0.05, 0.1) is 13.0 Å². The first-order valence-corrected chi connectivity index (χ1v) is 14.8. The molecule has 2 spiro atoms. The molecule has 1 N–H and O–H groups in total. The maximum atomic E-state index is 12.8. The van der Waals surface area contributed by atoms with Crippen LogP contribution in [0.1, 0.15) is 59.3 Å². The molecule has 4 rings (SSSR count). The van der Waals surface area contributed by atoms with Crippen molar-refractivity contribution in [3.8, 4) is 0 Å². The van der Waals surface area contributed by atoms with E-state index in [1.165, 1.54) is 43.4 Å². The highest BCUT2D eigenvalue weighted by Gasteiger charge is 2.56. The summed E-state index contributed by atoms with van der Waals surface area (Å²) in [6.45, 7) is 5.00. The lowest BCUT2D eigenvalue weighted by Crippen LogP contribution is -2.54. The Kier molecular flexibility index (Phi) is 10.5. The van der Waals surface area contributed by atoms with Crippen LogP contribution in [0, 0.1) is 0 Å². The lowest BCUT2D eigenvalue weighted by atomic mass is 9.87. The first kappa shape index (κ1) is 34.5. The van der Waals surface area contributed by atoms with Gasteiger partial charge in [0.2, 0.25) is 0 Å². The SMILES string of the molecule is C/C=C/C=C/C=C1C(=O)OC2(CCC3(CC2)OC(=O)C(/C=C/C=C/C=C2C(=O)OC(C)(CCC(=O)OCC)OC2=O)=C(O)O3)OC1=O. The van der Waals surface area contributed by atoms with Crippen molar-refractivity contribution in [3.63, 3.8) is 0 Å². The summed E-state index contributed by atoms with van der Waals surface area (Å²) < 4.78 is 37.3. The number of cyclic esters (lactones) is 2. The molecule has 0 aromatic rings. The summed E-state index contributed by atoms with van der Waals surface area (Å²) in [5.41, 5.74) is -0.965. The Morgan fingerprint density at radius 1 is 0.723 bits per heavy atom. The number of carbonyl (C=O) groups is 6. The Bertz CT molecular complexity index is 1500. The van der Waals surface area contributed by atoms with E-state index in [0.29, 0.717) is 0 Å². The van der Waals surface area contributed by atoms with Crippen molar-refractivity contribution < 1.29 is 67.0 Å². The Hall–Kier alpha value is -5.40. The number of aliphatic hydroxyl groups is 1. The third kappa shape index (κ3) is 8.26. The van der Waals surface area contributed by atoms with Crippen LogP contribution in [-0.2, 0) is 61.9 Å². The molecule has 1 saturated carbocycles. The highest BCUT2D eigenvalue weighted by atomic mass is 16.8. The second-order valence-corrected chi connectivity index (χ2v) is 10.8. The quantitative estimate of drug-likeness (QED) is 0.125. The highest BCUT2D eigenvalue weighted by Crippen LogP contribution is 2.45. The van der Waals surface area contributed by atoms with Gasteiger partial charge < -0.3 is 38.3 Å². The monoisotopic (exact) mass is 654 g/mol. The molecule has 4 aliphatic rings. The minimum atomic E-state index is -1.63. The molecule has 0 unspecified atom stereocenters. The Morgan fingerprint density at radius 3 is 1.72 bits per heavy atom. The van der Waals surface area contributed by atoms with E-state index in [-0.39, 0.29) is 56.3 Å². The van der Waals surface area contributed by atoms with Crippen LogP contribution in [-0.4, -0.2) is 64.9 Å². The predicted molar refractivity (Wildman–Crippen MR) is 158 cm³/mol. The van der Waals surface area contributed by atoms with Crippen LogP contribution in [0.5, 0.6) is 0 Å². The molecule has 0 amide bonds. The Labute approximate surface area is 269 Å². The van der Waals surface area contributed by atoms with Gasteiger partial charge >= 0.3 is 35.8 Å². The fourth-order valence-electron chi connectivity index (χ4n) is 4.91. The molecule has 0 bridgehead atoms.